The second-order valence-corrected chi connectivity index (χ2v) is 10.7. The summed E-state index contributed by atoms with van der Waals surface area (Å²) in [7, 11) is 1.85. The smallest absolute Gasteiger partial charge is 0.407 e. The molecule has 5 heterocycles. The Bertz CT molecular complexity index is 1290. The predicted octanol–water partition coefficient (Wildman–Crippen LogP) is 3.30. The maximum atomic E-state index is 13.2. The lowest BCUT2D eigenvalue weighted by atomic mass is 10.1. The van der Waals surface area contributed by atoms with E-state index in [1.807, 2.05) is 45.0 Å². The number of alkyl carbamates (subject to hydrolysis) is 1. The average molecular weight is 511 g/mol. The summed E-state index contributed by atoms with van der Waals surface area (Å²) in [6, 6.07) is 2.16. The number of hydrogen-bond donors (Lipinski definition) is 2. The van der Waals surface area contributed by atoms with Gasteiger partial charge in [0.15, 0.2) is 17.2 Å². The van der Waals surface area contributed by atoms with Crippen molar-refractivity contribution in [2.75, 3.05) is 41.3 Å². The monoisotopic (exact) mass is 510 g/mol. The number of aryl methyl sites for hydroxylation is 1. The topological polar surface area (TPSA) is 131 Å². The highest BCUT2D eigenvalue weighted by Gasteiger charge is 2.29. The number of nitrogens with one attached hydrogen (secondary N) is 2. The van der Waals surface area contributed by atoms with E-state index in [-0.39, 0.29) is 17.6 Å². The summed E-state index contributed by atoms with van der Waals surface area (Å²) in [5, 5.41) is 11.2. The van der Waals surface area contributed by atoms with Crippen LogP contribution in [0.4, 0.5) is 22.3 Å². The van der Waals surface area contributed by atoms with Crippen LogP contribution in [-0.4, -0.2) is 69.6 Å². The first-order valence-electron chi connectivity index (χ1n) is 12.8. The Labute approximate surface area is 215 Å². The molecule has 1 atom stereocenters. The SMILES string of the molecule is Cn1cc2cc(NC(=O)c3coc(N4CC[C@H](NC(=O)OC(C)(C)C)C4)n3)c(N3CCCCC3)nc2n1. The van der Waals surface area contributed by atoms with E-state index in [0.29, 0.717) is 30.4 Å². The maximum absolute atomic E-state index is 13.2. The van der Waals surface area contributed by atoms with Gasteiger partial charge in [-0.05, 0) is 52.5 Å². The molecule has 2 saturated heterocycles. The first kappa shape index (κ1) is 24.8. The quantitative estimate of drug-likeness (QED) is 0.531. The lowest BCUT2D eigenvalue weighted by Crippen LogP contribution is -2.40. The number of ether oxygens (including phenoxy) is 1. The Morgan fingerprint density at radius 1 is 1.11 bits per heavy atom. The van der Waals surface area contributed by atoms with Crippen molar-refractivity contribution in [3.63, 3.8) is 0 Å². The summed E-state index contributed by atoms with van der Waals surface area (Å²) in [6.45, 7) is 8.41. The fraction of sp³-hybridized carbons (Fsp3) is 0.560. The fourth-order valence-corrected chi connectivity index (χ4v) is 4.73. The van der Waals surface area contributed by atoms with Gasteiger partial charge in [-0.1, -0.05) is 0 Å². The van der Waals surface area contributed by atoms with E-state index in [2.05, 4.69) is 25.6 Å². The zero-order chi connectivity index (χ0) is 26.2. The molecule has 198 valence electrons. The molecule has 2 fully saturated rings. The van der Waals surface area contributed by atoms with Crippen molar-refractivity contribution in [3.8, 4) is 0 Å². The van der Waals surface area contributed by atoms with E-state index in [1.54, 1.807) is 4.68 Å². The number of pyridine rings is 1. The summed E-state index contributed by atoms with van der Waals surface area (Å²) in [6.07, 6.45) is 6.87. The highest BCUT2D eigenvalue weighted by Crippen LogP contribution is 2.30. The van der Waals surface area contributed by atoms with Crippen LogP contribution in [0.5, 0.6) is 0 Å². The lowest BCUT2D eigenvalue weighted by Gasteiger charge is -2.29. The summed E-state index contributed by atoms with van der Waals surface area (Å²) >= 11 is 0. The van der Waals surface area contributed by atoms with Gasteiger partial charge in [0.2, 0.25) is 0 Å². The normalized spacial score (nSPS) is 18.3. The summed E-state index contributed by atoms with van der Waals surface area (Å²) < 4.78 is 12.7. The van der Waals surface area contributed by atoms with Gasteiger partial charge in [-0.2, -0.15) is 10.1 Å². The number of rotatable bonds is 5. The van der Waals surface area contributed by atoms with Crippen molar-refractivity contribution in [2.45, 2.75) is 58.1 Å². The van der Waals surface area contributed by atoms with E-state index in [4.69, 9.17) is 14.1 Å². The Kier molecular flexibility index (Phi) is 6.65. The number of oxazole rings is 1. The van der Waals surface area contributed by atoms with Crippen LogP contribution >= 0.6 is 0 Å². The van der Waals surface area contributed by atoms with Crippen LogP contribution in [0.2, 0.25) is 0 Å². The Morgan fingerprint density at radius 3 is 2.65 bits per heavy atom. The minimum Gasteiger partial charge on any atom is -0.444 e. The molecular weight excluding hydrogens is 476 g/mol. The standard InChI is InChI=1S/C25H34N8O4/c1-25(2,3)37-24(35)26-17-8-11-33(14-17)23-28-19(15-36-23)22(34)27-18-12-16-13-31(4)30-20(16)29-21(18)32-9-6-5-7-10-32/h12-13,15,17H,5-11,14H2,1-4H3,(H,26,35)(H,27,34)/t17-/m0/s1. The predicted molar refractivity (Wildman–Crippen MR) is 139 cm³/mol. The van der Waals surface area contributed by atoms with Gasteiger partial charge in [0.1, 0.15) is 11.9 Å². The third kappa shape index (κ3) is 5.78. The molecule has 2 aliphatic rings. The molecule has 0 bridgehead atoms. The van der Waals surface area contributed by atoms with E-state index >= 15 is 0 Å². The molecule has 2 aliphatic heterocycles. The first-order chi connectivity index (χ1) is 17.6. The first-order valence-corrected chi connectivity index (χ1v) is 12.8. The van der Waals surface area contributed by atoms with Crippen molar-refractivity contribution < 1.29 is 18.7 Å². The highest BCUT2D eigenvalue weighted by molar-refractivity contribution is 6.05. The van der Waals surface area contributed by atoms with Crippen LogP contribution < -0.4 is 20.4 Å². The van der Waals surface area contributed by atoms with E-state index in [1.165, 1.54) is 12.7 Å². The fourth-order valence-electron chi connectivity index (χ4n) is 4.73. The number of aromatic nitrogens is 4. The van der Waals surface area contributed by atoms with Gasteiger partial charge >= 0.3 is 6.09 Å². The average Bonchev–Trinajstić information content (AvgIpc) is 3.56. The molecule has 12 nitrogen and oxygen atoms in total. The molecule has 2 N–H and O–H groups in total. The molecule has 2 amide bonds. The molecule has 37 heavy (non-hydrogen) atoms. The van der Waals surface area contributed by atoms with E-state index in [0.717, 1.165) is 43.6 Å². The minimum atomic E-state index is -0.557. The number of piperidine rings is 1. The van der Waals surface area contributed by atoms with Crippen LogP contribution in [0.3, 0.4) is 0 Å². The molecule has 5 rings (SSSR count). The minimum absolute atomic E-state index is 0.0941. The number of nitrogens with zero attached hydrogens (tertiary/aromatic N) is 6. The van der Waals surface area contributed by atoms with Crippen molar-refractivity contribution in [2.24, 2.45) is 7.05 Å². The van der Waals surface area contributed by atoms with Crippen LogP contribution in [-0.2, 0) is 11.8 Å². The second-order valence-electron chi connectivity index (χ2n) is 10.7. The molecule has 0 aromatic carbocycles. The summed E-state index contributed by atoms with van der Waals surface area (Å²) in [5.74, 6) is 0.347. The molecule has 0 radical (unpaired) electrons. The highest BCUT2D eigenvalue weighted by atomic mass is 16.6. The number of fused-ring (bicyclic) bond motifs is 1. The number of anilines is 3. The van der Waals surface area contributed by atoms with Gasteiger partial charge in [-0.25, -0.2) is 9.78 Å². The zero-order valence-electron chi connectivity index (χ0n) is 21.8. The van der Waals surface area contributed by atoms with Gasteiger partial charge in [0.05, 0.1) is 11.7 Å². The number of carbonyl (C=O) groups excluding carboxylic acids is 2. The third-order valence-corrected chi connectivity index (χ3v) is 6.40. The van der Waals surface area contributed by atoms with Gasteiger partial charge in [-0.3, -0.25) is 9.48 Å². The molecule has 3 aromatic heterocycles. The van der Waals surface area contributed by atoms with Crippen molar-refractivity contribution >= 4 is 40.6 Å². The van der Waals surface area contributed by atoms with Gasteiger partial charge in [0.25, 0.3) is 11.9 Å². The number of carbonyl (C=O) groups is 2. The van der Waals surface area contributed by atoms with Crippen LogP contribution in [0.1, 0.15) is 56.9 Å². The number of hydrogen-bond acceptors (Lipinski definition) is 9. The molecular formula is C25H34N8O4. The molecule has 0 spiro atoms. The van der Waals surface area contributed by atoms with Crippen molar-refractivity contribution in [1.29, 1.82) is 0 Å². The van der Waals surface area contributed by atoms with Crippen LogP contribution in [0.15, 0.2) is 22.9 Å². The van der Waals surface area contributed by atoms with Gasteiger partial charge < -0.3 is 29.6 Å². The molecule has 0 saturated carbocycles. The lowest BCUT2D eigenvalue weighted by molar-refractivity contribution is 0.0508. The largest absolute Gasteiger partial charge is 0.444 e. The zero-order valence-corrected chi connectivity index (χ0v) is 21.8. The molecule has 12 heteroatoms. The maximum Gasteiger partial charge on any atom is 0.407 e. The van der Waals surface area contributed by atoms with E-state index in [9.17, 15) is 9.59 Å². The molecule has 0 unspecified atom stereocenters. The van der Waals surface area contributed by atoms with Crippen molar-refractivity contribution in [3.05, 3.63) is 24.2 Å². The van der Waals surface area contributed by atoms with Gasteiger partial charge in [0, 0.05) is 44.8 Å². The van der Waals surface area contributed by atoms with E-state index < -0.39 is 11.7 Å². The molecule has 0 aliphatic carbocycles. The Balaban J connectivity index is 1.27. The molecule has 3 aromatic rings. The summed E-state index contributed by atoms with van der Waals surface area (Å²) in [4.78, 5) is 38.6. The Morgan fingerprint density at radius 2 is 1.89 bits per heavy atom. The second kappa shape index (κ2) is 9.91. The number of amides is 2. The van der Waals surface area contributed by atoms with Crippen LogP contribution in [0, 0.1) is 0 Å². The Hall–Kier alpha value is -3.83. The van der Waals surface area contributed by atoms with Crippen LogP contribution in [0.25, 0.3) is 11.0 Å². The van der Waals surface area contributed by atoms with Gasteiger partial charge in [-0.15, -0.1) is 0 Å². The van der Waals surface area contributed by atoms with Crippen molar-refractivity contribution in [1.82, 2.24) is 25.1 Å². The third-order valence-electron chi connectivity index (χ3n) is 6.40. The summed E-state index contributed by atoms with van der Waals surface area (Å²) in [5.41, 5.74) is 0.889.